The van der Waals surface area contributed by atoms with E-state index in [4.69, 9.17) is 4.74 Å². The lowest BCUT2D eigenvalue weighted by Gasteiger charge is -2.26. The molecule has 88 valence electrons. The van der Waals surface area contributed by atoms with Crippen LogP contribution in [0, 0.1) is 0 Å². The van der Waals surface area contributed by atoms with Gasteiger partial charge in [-0.05, 0) is 13.0 Å². The molecule has 0 saturated carbocycles. The molecule has 1 aliphatic rings. The van der Waals surface area contributed by atoms with Gasteiger partial charge in [0.15, 0.2) is 0 Å². The fourth-order valence-electron chi connectivity index (χ4n) is 1.76. The molecule has 1 fully saturated rings. The SMILES string of the molecule is CCOc1nccc(CN2CCNCC2)n1. The van der Waals surface area contributed by atoms with Crippen molar-refractivity contribution in [3.8, 4) is 6.01 Å². The van der Waals surface area contributed by atoms with E-state index in [9.17, 15) is 0 Å². The van der Waals surface area contributed by atoms with Gasteiger partial charge in [0, 0.05) is 38.9 Å². The van der Waals surface area contributed by atoms with Crippen molar-refractivity contribution in [2.24, 2.45) is 0 Å². The Bertz CT molecular complexity index is 326. The molecule has 1 aromatic rings. The summed E-state index contributed by atoms with van der Waals surface area (Å²) >= 11 is 0. The van der Waals surface area contributed by atoms with Crippen molar-refractivity contribution in [1.29, 1.82) is 0 Å². The van der Waals surface area contributed by atoms with Crippen molar-refractivity contribution >= 4 is 0 Å². The quantitative estimate of drug-likeness (QED) is 0.793. The summed E-state index contributed by atoms with van der Waals surface area (Å²) in [7, 11) is 0. The summed E-state index contributed by atoms with van der Waals surface area (Å²) < 4.78 is 5.28. The third-order valence-electron chi connectivity index (χ3n) is 2.56. The van der Waals surface area contributed by atoms with Gasteiger partial charge < -0.3 is 10.1 Å². The van der Waals surface area contributed by atoms with Crippen LogP contribution in [0.25, 0.3) is 0 Å². The van der Waals surface area contributed by atoms with Gasteiger partial charge >= 0.3 is 6.01 Å². The second-order valence-electron chi connectivity index (χ2n) is 3.79. The van der Waals surface area contributed by atoms with Crippen molar-refractivity contribution in [3.63, 3.8) is 0 Å². The number of hydrogen-bond acceptors (Lipinski definition) is 5. The van der Waals surface area contributed by atoms with Gasteiger partial charge in [-0.1, -0.05) is 0 Å². The first-order valence-corrected chi connectivity index (χ1v) is 5.76. The van der Waals surface area contributed by atoms with Gasteiger partial charge in [-0.25, -0.2) is 4.98 Å². The van der Waals surface area contributed by atoms with Gasteiger partial charge in [-0.3, -0.25) is 4.90 Å². The van der Waals surface area contributed by atoms with Crippen LogP contribution in [0.15, 0.2) is 12.3 Å². The van der Waals surface area contributed by atoms with E-state index in [0.29, 0.717) is 12.6 Å². The zero-order valence-corrected chi connectivity index (χ0v) is 9.65. The molecule has 0 spiro atoms. The number of hydrogen-bond donors (Lipinski definition) is 1. The van der Waals surface area contributed by atoms with Gasteiger partial charge in [0.05, 0.1) is 12.3 Å². The Labute approximate surface area is 95.8 Å². The predicted molar refractivity (Wildman–Crippen MR) is 61.3 cm³/mol. The predicted octanol–water partition coefficient (Wildman–Crippen LogP) is 0.280. The number of nitrogens with one attached hydrogen (secondary N) is 1. The van der Waals surface area contributed by atoms with E-state index in [1.54, 1.807) is 6.20 Å². The zero-order chi connectivity index (χ0) is 11.2. The highest BCUT2D eigenvalue weighted by molar-refractivity contribution is 5.05. The lowest BCUT2D eigenvalue weighted by atomic mass is 10.3. The van der Waals surface area contributed by atoms with E-state index in [2.05, 4.69) is 20.2 Å². The Hall–Kier alpha value is -1.20. The number of piperazine rings is 1. The summed E-state index contributed by atoms with van der Waals surface area (Å²) in [5.74, 6) is 0. The number of nitrogens with zero attached hydrogens (tertiary/aromatic N) is 3. The largest absolute Gasteiger partial charge is 0.464 e. The van der Waals surface area contributed by atoms with E-state index >= 15 is 0 Å². The van der Waals surface area contributed by atoms with Gasteiger partial charge in [-0.15, -0.1) is 0 Å². The molecular weight excluding hydrogens is 204 g/mol. The van der Waals surface area contributed by atoms with Crippen LogP contribution in [0.4, 0.5) is 0 Å². The molecule has 2 heterocycles. The first-order chi connectivity index (χ1) is 7.88. The fraction of sp³-hybridized carbons (Fsp3) is 0.636. The standard InChI is InChI=1S/C11H18N4O/c1-2-16-11-13-4-3-10(14-11)9-15-7-5-12-6-8-15/h3-4,12H,2,5-9H2,1H3. The molecule has 0 aliphatic carbocycles. The fourth-order valence-corrected chi connectivity index (χ4v) is 1.76. The molecule has 0 atom stereocenters. The third kappa shape index (κ3) is 3.15. The van der Waals surface area contributed by atoms with Crippen molar-refractivity contribution < 1.29 is 4.74 Å². The van der Waals surface area contributed by atoms with Crippen LogP contribution in [0.1, 0.15) is 12.6 Å². The smallest absolute Gasteiger partial charge is 0.316 e. The van der Waals surface area contributed by atoms with E-state index in [1.165, 1.54) is 0 Å². The highest BCUT2D eigenvalue weighted by Crippen LogP contribution is 2.06. The topological polar surface area (TPSA) is 50.3 Å². The molecule has 0 radical (unpaired) electrons. The lowest BCUT2D eigenvalue weighted by Crippen LogP contribution is -2.43. The molecule has 0 unspecified atom stereocenters. The van der Waals surface area contributed by atoms with Crippen molar-refractivity contribution in [2.45, 2.75) is 13.5 Å². The van der Waals surface area contributed by atoms with Crippen LogP contribution in [-0.4, -0.2) is 47.7 Å². The first-order valence-electron chi connectivity index (χ1n) is 5.76. The molecule has 0 amide bonds. The Morgan fingerprint density at radius 1 is 1.44 bits per heavy atom. The van der Waals surface area contributed by atoms with E-state index in [1.807, 2.05) is 13.0 Å². The molecule has 1 saturated heterocycles. The maximum atomic E-state index is 5.28. The molecule has 5 nitrogen and oxygen atoms in total. The Balaban J connectivity index is 1.94. The minimum atomic E-state index is 0.482. The maximum Gasteiger partial charge on any atom is 0.316 e. The molecule has 5 heteroatoms. The minimum absolute atomic E-state index is 0.482. The van der Waals surface area contributed by atoms with Crippen molar-refractivity contribution in [1.82, 2.24) is 20.2 Å². The molecule has 1 aliphatic heterocycles. The average Bonchev–Trinajstić information content (AvgIpc) is 2.31. The Morgan fingerprint density at radius 2 is 2.25 bits per heavy atom. The van der Waals surface area contributed by atoms with Crippen LogP contribution < -0.4 is 10.1 Å². The van der Waals surface area contributed by atoms with Gasteiger partial charge in [-0.2, -0.15) is 4.98 Å². The normalized spacial score (nSPS) is 17.3. The summed E-state index contributed by atoms with van der Waals surface area (Å²) in [5.41, 5.74) is 1.03. The molecule has 1 N–H and O–H groups in total. The van der Waals surface area contributed by atoms with Crippen LogP contribution in [0.3, 0.4) is 0 Å². The van der Waals surface area contributed by atoms with Crippen molar-refractivity contribution in [2.75, 3.05) is 32.8 Å². The lowest BCUT2D eigenvalue weighted by molar-refractivity contribution is 0.228. The highest BCUT2D eigenvalue weighted by Gasteiger charge is 2.10. The van der Waals surface area contributed by atoms with Crippen LogP contribution in [0.5, 0.6) is 6.01 Å². The first kappa shape index (κ1) is 11.3. The number of rotatable bonds is 4. The van der Waals surface area contributed by atoms with Gasteiger partial charge in [0.1, 0.15) is 0 Å². The molecular formula is C11H18N4O. The molecule has 2 rings (SSSR count). The third-order valence-corrected chi connectivity index (χ3v) is 2.56. The van der Waals surface area contributed by atoms with Gasteiger partial charge in [0.25, 0.3) is 0 Å². The molecule has 16 heavy (non-hydrogen) atoms. The molecule has 0 aromatic carbocycles. The van der Waals surface area contributed by atoms with E-state index in [-0.39, 0.29) is 0 Å². The Morgan fingerprint density at radius 3 is 3.00 bits per heavy atom. The van der Waals surface area contributed by atoms with Gasteiger partial charge in [0.2, 0.25) is 0 Å². The Kier molecular flexibility index (Phi) is 4.07. The molecule has 1 aromatic heterocycles. The summed E-state index contributed by atoms with van der Waals surface area (Å²) in [4.78, 5) is 10.8. The summed E-state index contributed by atoms with van der Waals surface area (Å²) in [6, 6.07) is 2.43. The average molecular weight is 222 g/mol. The number of ether oxygens (including phenoxy) is 1. The molecule has 0 bridgehead atoms. The summed E-state index contributed by atoms with van der Waals surface area (Å²) in [6.07, 6.45) is 1.76. The summed E-state index contributed by atoms with van der Waals surface area (Å²) in [6.45, 7) is 7.70. The van der Waals surface area contributed by atoms with Crippen LogP contribution in [0.2, 0.25) is 0 Å². The van der Waals surface area contributed by atoms with Crippen LogP contribution in [-0.2, 0) is 6.54 Å². The van der Waals surface area contributed by atoms with E-state index < -0.39 is 0 Å². The monoisotopic (exact) mass is 222 g/mol. The zero-order valence-electron chi connectivity index (χ0n) is 9.65. The minimum Gasteiger partial charge on any atom is -0.464 e. The number of aromatic nitrogens is 2. The second-order valence-corrected chi connectivity index (χ2v) is 3.79. The summed E-state index contributed by atoms with van der Waals surface area (Å²) in [5, 5.41) is 3.33. The van der Waals surface area contributed by atoms with Crippen molar-refractivity contribution in [3.05, 3.63) is 18.0 Å². The van der Waals surface area contributed by atoms with Crippen LogP contribution >= 0.6 is 0 Å². The second kappa shape index (κ2) is 5.77. The maximum absolute atomic E-state index is 5.28. The van der Waals surface area contributed by atoms with E-state index in [0.717, 1.165) is 38.4 Å². The highest BCUT2D eigenvalue weighted by atomic mass is 16.5.